The van der Waals surface area contributed by atoms with Crippen LogP contribution < -0.4 is 4.74 Å². The number of phenols is 1. The van der Waals surface area contributed by atoms with Crippen LogP contribution in [0.15, 0.2) is 48.0 Å². The SMILES string of the molecule is COCCN1C(=O)C(=O)/C(=C(/O)c2ccc(OC)c(C)c2)[C@H]1c1ccc(O)cc1. The number of phenolic OH excluding ortho intramolecular Hbond substituents is 1. The third-order valence-corrected chi connectivity index (χ3v) is 4.95. The largest absolute Gasteiger partial charge is 0.508 e. The van der Waals surface area contributed by atoms with E-state index in [1.165, 1.54) is 24.1 Å². The lowest BCUT2D eigenvalue weighted by atomic mass is 9.94. The van der Waals surface area contributed by atoms with Gasteiger partial charge in [-0.15, -0.1) is 0 Å². The Morgan fingerprint density at radius 3 is 2.38 bits per heavy atom. The highest BCUT2D eigenvalue weighted by molar-refractivity contribution is 6.46. The molecule has 7 nitrogen and oxygen atoms in total. The van der Waals surface area contributed by atoms with Gasteiger partial charge in [0.05, 0.1) is 25.3 Å². The Hall–Kier alpha value is -3.32. The van der Waals surface area contributed by atoms with Gasteiger partial charge in [0.2, 0.25) is 0 Å². The first-order valence-electron chi connectivity index (χ1n) is 9.10. The van der Waals surface area contributed by atoms with Crippen molar-refractivity contribution in [2.75, 3.05) is 27.4 Å². The van der Waals surface area contributed by atoms with Gasteiger partial charge in [-0.05, 0) is 48.4 Å². The predicted octanol–water partition coefficient (Wildman–Crippen LogP) is 2.78. The molecule has 1 aliphatic rings. The van der Waals surface area contributed by atoms with Gasteiger partial charge >= 0.3 is 0 Å². The van der Waals surface area contributed by atoms with Gasteiger partial charge in [-0.25, -0.2) is 0 Å². The Labute approximate surface area is 168 Å². The molecule has 29 heavy (non-hydrogen) atoms. The molecule has 0 bridgehead atoms. The number of aromatic hydroxyl groups is 1. The van der Waals surface area contributed by atoms with E-state index in [9.17, 15) is 19.8 Å². The summed E-state index contributed by atoms with van der Waals surface area (Å²) in [7, 11) is 3.06. The second-order valence-electron chi connectivity index (χ2n) is 6.76. The molecule has 0 spiro atoms. The van der Waals surface area contributed by atoms with E-state index >= 15 is 0 Å². The Kier molecular flexibility index (Phi) is 5.89. The summed E-state index contributed by atoms with van der Waals surface area (Å²) in [5.41, 5.74) is 1.80. The lowest BCUT2D eigenvalue weighted by Crippen LogP contribution is -2.32. The van der Waals surface area contributed by atoms with Crippen molar-refractivity contribution in [3.63, 3.8) is 0 Å². The van der Waals surface area contributed by atoms with Gasteiger partial charge in [0.25, 0.3) is 11.7 Å². The van der Waals surface area contributed by atoms with E-state index in [4.69, 9.17) is 9.47 Å². The number of ether oxygens (including phenoxy) is 2. The summed E-state index contributed by atoms with van der Waals surface area (Å²) < 4.78 is 10.3. The molecule has 1 heterocycles. The number of aliphatic hydroxyl groups excluding tert-OH is 1. The minimum atomic E-state index is -0.784. The Morgan fingerprint density at radius 2 is 1.79 bits per heavy atom. The molecule has 0 radical (unpaired) electrons. The second-order valence-corrected chi connectivity index (χ2v) is 6.76. The van der Waals surface area contributed by atoms with Crippen LogP contribution in [0.4, 0.5) is 0 Å². The summed E-state index contributed by atoms with van der Waals surface area (Å²) in [5, 5.41) is 20.6. The fourth-order valence-electron chi connectivity index (χ4n) is 3.48. The van der Waals surface area contributed by atoms with Gasteiger partial charge in [0, 0.05) is 19.2 Å². The molecule has 2 aromatic carbocycles. The fraction of sp³-hybridized carbons (Fsp3) is 0.273. The molecular formula is C22H23NO6. The number of methoxy groups -OCH3 is 2. The first-order chi connectivity index (χ1) is 13.9. The summed E-state index contributed by atoms with van der Waals surface area (Å²) >= 11 is 0. The van der Waals surface area contributed by atoms with Crippen molar-refractivity contribution in [3.8, 4) is 11.5 Å². The van der Waals surface area contributed by atoms with Crippen molar-refractivity contribution >= 4 is 17.4 Å². The molecule has 0 unspecified atom stereocenters. The van der Waals surface area contributed by atoms with Gasteiger partial charge in [0.15, 0.2) is 0 Å². The van der Waals surface area contributed by atoms with Crippen molar-refractivity contribution in [3.05, 3.63) is 64.7 Å². The first-order valence-corrected chi connectivity index (χ1v) is 9.10. The number of aliphatic hydroxyl groups is 1. The van der Waals surface area contributed by atoms with Gasteiger partial charge in [0.1, 0.15) is 17.3 Å². The van der Waals surface area contributed by atoms with Crippen LogP contribution in [0.2, 0.25) is 0 Å². The number of hydrogen-bond donors (Lipinski definition) is 2. The van der Waals surface area contributed by atoms with Crippen molar-refractivity contribution in [2.24, 2.45) is 0 Å². The second kappa shape index (κ2) is 8.36. The maximum Gasteiger partial charge on any atom is 0.295 e. The molecular weight excluding hydrogens is 374 g/mol. The topological polar surface area (TPSA) is 96.3 Å². The highest BCUT2D eigenvalue weighted by Gasteiger charge is 2.45. The number of ketones is 1. The van der Waals surface area contributed by atoms with Crippen molar-refractivity contribution in [1.29, 1.82) is 0 Å². The zero-order valence-electron chi connectivity index (χ0n) is 16.5. The molecule has 1 saturated heterocycles. The molecule has 0 aliphatic carbocycles. The number of carbonyl (C=O) groups is 2. The van der Waals surface area contributed by atoms with E-state index in [0.29, 0.717) is 16.9 Å². The number of rotatable bonds is 6. The highest BCUT2D eigenvalue weighted by atomic mass is 16.5. The van der Waals surface area contributed by atoms with Crippen LogP contribution in [0.3, 0.4) is 0 Å². The summed E-state index contributed by atoms with van der Waals surface area (Å²) in [6, 6.07) is 10.4. The van der Waals surface area contributed by atoms with E-state index in [-0.39, 0.29) is 30.2 Å². The zero-order chi connectivity index (χ0) is 21.1. The molecule has 7 heteroatoms. The van der Waals surface area contributed by atoms with Crippen LogP contribution in [0, 0.1) is 6.92 Å². The van der Waals surface area contributed by atoms with Crippen molar-refractivity contribution < 1.29 is 29.3 Å². The molecule has 1 atom stereocenters. The molecule has 3 rings (SSSR count). The first kappa shape index (κ1) is 20.4. The van der Waals surface area contributed by atoms with E-state index in [1.807, 2.05) is 6.92 Å². The molecule has 0 aromatic heterocycles. The maximum atomic E-state index is 12.8. The highest BCUT2D eigenvalue weighted by Crippen LogP contribution is 2.40. The van der Waals surface area contributed by atoms with E-state index in [2.05, 4.69) is 0 Å². The maximum absolute atomic E-state index is 12.8. The minimum Gasteiger partial charge on any atom is -0.508 e. The number of benzene rings is 2. The Balaban J connectivity index is 2.15. The number of Topliss-reactive ketones (excluding diaryl/α,β-unsaturated/α-hetero) is 1. The van der Waals surface area contributed by atoms with E-state index < -0.39 is 17.7 Å². The molecule has 152 valence electrons. The molecule has 1 aliphatic heterocycles. The third-order valence-electron chi connectivity index (χ3n) is 4.95. The number of nitrogens with zero attached hydrogens (tertiary/aromatic N) is 1. The number of amides is 1. The molecule has 1 amide bonds. The third kappa shape index (κ3) is 3.82. The summed E-state index contributed by atoms with van der Waals surface area (Å²) in [4.78, 5) is 26.9. The minimum absolute atomic E-state index is 0.00126. The van der Waals surface area contributed by atoms with Crippen LogP contribution in [0.1, 0.15) is 22.7 Å². The molecule has 1 fully saturated rings. The number of likely N-dealkylation sites (tertiary alicyclic amines) is 1. The Morgan fingerprint density at radius 1 is 1.10 bits per heavy atom. The average Bonchev–Trinajstić information content (AvgIpc) is 2.96. The fourth-order valence-corrected chi connectivity index (χ4v) is 3.48. The Bertz CT molecular complexity index is 964. The van der Waals surface area contributed by atoms with E-state index in [1.54, 1.807) is 37.4 Å². The molecule has 2 aromatic rings. The average molecular weight is 397 g/mol. The quantitative estimate of drug-likeness (QED) is 0.442. The molecule has 0 saturated carbocycles. The van der Waals surface area contributed by atoms with Gasteiger partial charge in [-0.1, -0.05) is 12.1 Å². The normalized spacial score (nSPS) is 18.3. The van der Waals surface area contributed by atoms with Crippen LogP contribution in [0.25, 0.3) is 5.76 Å². The monoisotopic (exact) mass is 397 g/mol. The van der Waals surface area contributed by atoms with Crippen molar-refractivity contribution in [1.82, 2.24) is 4.90 Å². The van der Waals surface area contributed by atoms with Crippen LogP contribution in [0.5, 0.6) is 11.5 Å². The standard InChI is InChI=1S/C22H23NO6/c1-13-12-15(6-9-17(13)29-3)20(25)18-19(14-4-7-16(24)8-5-14)23(10-11-28-2)22(27)21(18)26/h4-9,12,19,24-25H,10-11H2,1-3H3/b20-18+/t19-/m1/s1. The zero-order valence-corrected chi connectivity index (χ0v) is 16.5. The number of hydrogen-bond acceptors (Lipinski definition) is 6. The summed E-state index contributed by atoms with van der Waals surface area (Å²) in [6.45, 7) is 2.25. The lowest BCUT2D eigenvalue weighted by Gasteiger charge is -2.25. The lowest BCUT2D eigenvalue weighted by molar-refractivity contribution is -0.140. The summed E-state index contributed by atoms with van der Waals surface area (Å²) in [5.74, 6) is -1.00. The van der Waals surface area contributed by atoms with Crippen LogP contribution in [-0.2, 0) is 14.3 Å². The predicted molar refractivity (Wildman–Crippen MR) is 107 cm³/mol. The van der Waals surface area contributed by atoms with Crippen LogP contribution >= 0.6 is 0 Å². The van der Waals surface area contributed by atoms with Crippen LogP contribution in [-0.4, -0.2) is 54.2 Å². The van der Waals surface area contributed by atoms with E-state index in [0.717, 1.165) is 5.56 Å². The van der Waals surface area contributed by atoms with Gasteiger partial charge in [-0.3, -0.25) is 9.59 Å². The number of carbonyl (C=O) groups excluding carboxylic acids is 2. The van der Waals surface area contributed by atoms with Crippen molar-refractivity contribution in [2.45, 2.75) is 13.0 Å². The van der Waals surface area contributed by atoms with Gasteiger partial charge < -0.3 is 24.6 Å². The smallest absolute Gasteiger partial charge is 0.295 e. The number of aryl methyl sites for hydroxylation is 1. The summed E-state index contributed by atoms with van der Waals surface area (Å²) in [6.07, 6.45) is 0. The van der Waals surface area contributed by atoms with Gasteiger partial charge in [-0.2, -0.15) is 0 Å². The molecule has 2 N–H and O–H groups in total.